The molecule has 0 aliphatic rings. The van der Waals surface area contributed by atoms with Gasteiger partial charge in [-0.15, -0.1) is 0 Å². The second-order valence-electron chi connectivity index (χ2n) is 10.00. The molecule has 0 aliphatic carbocycles. The third kappa shape index (κ3) is 5.21. The molecular weight excluding hydrogens is 514 g/mol. The molecule has 7 aromatic rings. The Morgan fingerprint density at radius 3 is 1.14 bits per heavy atom. The fourth-order valence-electron chi connectivity index (χ4n) is 5.11. The molecule has 0 atom stereocenters. The summed E-state index contributed by atoms with van der Waals surface area (Å²) in [6, 6.07) is 56.4. The largest absolute Gasteiger partial charge is 0.334 e. The van der Waals surface area contributed by atoms with Gasteiger partial charge in [-0.05, 0) is 70.8 Å². The van der Waals surface area contributed by atoms with Crippen molar-refractivity contribution in [2.45, 2.75) is 0 Å². The van der Waals surface area contributed by atoms with Crippen molar-refractivity contribution in [3.8, 4) is 45.1 Å². The molecule has 0 radical (unpaired) electrons. The first kappa shape index (κ1) is 25.2. The van der Waals surface area contributed by atoms with E-state index in [1.807, 2.05) is 54.6 Å². The molecule has 0 saturated heterocycles. The van der Waals surface area contributed by atoms with Crippen LogP contribution in [0.2, 0.25) is 0 Å². The van der Waals surface area contributed by atoms with Crippen molar-refractivity contribution in [3.05, 3.63) is 164 Å². The van der Waals surface area contributed by atoms with E-state index >= 15 is 0 Å². The summed E-state index contributed by atoms with van der Waals surface area (Å²) < 4.78 is 5.61. The van der Waals surface area contributed by atoms with Crippen molar-refractivity contribution in [2.75, 3.05) is 4.90 Å². The van der Waals surface area contributed by atoms with E-state index in [1.165, 1.54) is 22.3 Å². The normalized spacial score (nSPS) is 10.9. The quantitative estimate of drug-likeness (QED) is 0.201. The van der Waals surface area contributed by atoms with Gasteiger partial charge in [0.25, 0.3) is 5.89 Å². The van der Waals surface area contributed by atoms with Crippen molar-refractivity contribution in [3.63, 3.8) is 0 Å². The molecule has 0 amide bonds. The number of nitrogens with zero attached hydrogens (tertiary/aromatic N) is 3. The predicted molar refractivity (Wildman–Crippen MR) is 171 cm³/mol. The zero-order valence-electron chi connectivity index (χ0n) is 22.8. The summed E-state index contributed by atoms with van der Waals surface area (Å²) in [4.78, 5) is 6.89. The Labute approximate surface area is 245 Å². The summed E-state index contributed by atoms with van der Waals surface area (Å²) in [6.07, 6.45) is 0. The number of aromatic nitrogens is 2. The monoisotopic (exact) mass is 541 g/mol. The molecular formula is C38H27N3O. The number of hydrogen-bond donors (Lipinski definition) is 0. The average molecular weight is 542 g/mol. The average Bonchev–Trinajstić information content (AvgIpc) is 3.58. The van der Waals surface area contributed by atoms with Gasteiger partial charge in [-0.2, -0.15) is 4.98 Å². The Hall–Kier alpha value is -5.74. The zero-order chi connectivity index (χ0) is 28.1. The minimum Gasteiger partial charge on any atom is -0.334 e. The van der Waals surface area contributed by atoms with Crippen molar-refractivity contribution in [2.24, 2.45) is 0 Å². The lowest BCUT2D eigenvalue weighted by Gasteiger charge is -2.26. The molecule has 0 aliphatic heterocycles. The van der Waals surface area contributed by atoms with E-state index in [-0.39, 0.29) is 0 Å². The Kier molecular flexibility index (Phi) is 6.85. The number of rotatable bonds is 7. The smallest absolute Gasteiger partial charge is 0.258 e. The maximum absolute atomic E-state index is 5.61. The minimum atomic E-state index is 0.492. The van der Waals surface area contributed by atoms with Crippen molar-refractivity contribution >= 4 is 17.1 Å². The van der Waals surface area contributed by atoms with Crippen molar-refractivity contribution in [1.29, 1.82) is 0 Å². The van der Waals surface area contributed by atoms with Crippen LogP contribution in [0.4, 0.5) is 17.1 Å². The molecule has 42 heavy (non-hydrogen) atoms. The van der Waals surface area contributed by atoms with E-state index in [0.717, 1.165) is 28.2 Å². The maximum atomic E-state index is 5.61. The minimum absolute atomic E-state index is 0.492. The summed E-state index contributed by atoms with van der Waals surface area (Å²) in [7, 11) is 0. The summed E-state index contributed by atoms with van der Waals surface area (Å²) in [5, 5.41) is 4.19. The van der Waals surface area contributed by atoms with E-state index < -0.39 is 0 Å². The van der Waals surface area contributed by atoms with Gasteiger partial charge in [0.05, 0.1) is 0 Å². The molecule has 0 saturated carbocycles. The number of benzene rings is 6. The van der Waals surface area contributed by atoms with Gasteiger partial charge in [-0.3, -0.25) is 0 Å². The highest BCUT2D eigenvalue weighted by atomic mass is 16.5. The lowest BCUT2D eigenvalue weighted by molar-refractivity contribution is 0.432. The van der Waals surface area contributed by atoms with Crippen LogP contribution in [0.3, 0.4) is 0 Å². The van der Waals surface area contributed by atoms with Crippen LogP contribution in [-0.2, 0) is 0 Å². The predicted octanol–water partition coefficient (Wildman–Crippen LogP) is 10.2. The Morgan fingerprint density at radius 2 is 0.714 bits per heavy atom. The van der Waals surface area contributed by atoms with Crippen LogP contribution >= 0.6 is 0 Å². The number of anilines is 3. The second kappa shape index (κ2) is 11.4. The van der Waals surface area contributed by atoms with Crippen LogP contribution < -0.4 is 4.90 Å². The maximum Gasteiger partial charge on any atom is 0.258 e. The SMILES string of the molecule is c1ccc(-c2ccc(N(c3ccc(-c4ccccc4)cc3)c3ccc(-c4nc(-c5ccccc5)no4)cc3)cc2)cc1. The summed E-state index contributed by atoms with van der Waals surface area (Å²) in [5.41, 5.74) is 9.71. The summed E-state index contributed by atoms with van der Waals surface area (Å²) in [5.74, 6) is 1.07. The fraction of sp³-hybridized carbons (Fsp3) is 0. The van der Waals surface area contributed by atoms with Crippen LogP contribution in [0.1, 0.15) is 0 Å². The Bertz CT molecular complexity index is 1800. The van der Waals surface area contributed by atoms with E-state index in [1.54, 1.807) is 0 Å². The molecule has 0 fully saturated rings. The van der Waals surface area contributed by atoms with Gasteiger partial charge in [0.1, 0.15) is 0 Å². The topological polar surface area (TPSA) is 42.2 Å². The van der Waals surface area contributed by atoms with Crippen LogP contribution in [0.5, 0.6) is 0 Å². The van der Waals surface area contributed by atoms with Gasteiger partial charge in [0.2, 0.25) is 5.82 Å². The van der Waals surface area contributed by atoms with Crippen molar-refractivity contribution < 1.29 is 4.52 Å². The molecule has 4 nitrogen and oxygen atoms in total. The fourth-order valence-corrected chi connectivity index (χ4v) is 5.11. The van der Waals surface area contributed by atoms with Gasteiger partial charge < -0.3 is 9.42 Å². The van der Waals surface area contributed by atoms with Crippen LogP contribution in [-0.4, -0.2) is 10.1 Å². The summed E-state index contributed by atoms with van der Waals surface area (Å²) >= 11 is 0. The number of hydrogen-bond acceptors (Lipinski definition) is 4. The molecule has 0 spiro atoms. The highest BCUT2D eigenvalue weighted by molar-refractivity contribution is 5.80. The Morgan fingerprint density at radius 1 is 0.357 bits per heavy atom. The first-order chi connectivity index (χ1) is 20.8. The first-order valence-corrected chi connectivity index (χ1v) is 13.9. The standard InChI is InChI=1S/C38H27N3O/c1-4-10-28(11-5-1)30-16-22-34(23-17-30)41(35-24-18-31(19-25-35)29-12-6-2-7-13-29)36-26-20-33(21-27-36)38-39-37(40-42-38)32-14-8-3-9-15-32/h1-27H. The highest BCUT2D eigenvalue weighted by Gasteiger charge is 2.15. The third-order valence-electron chi connectivity index (χ3n) is 7.30. The van der Waals surface area contributed by atoms with Gasteiger partial charge in [0, 0.05) is 28.2 Å². The summed E-state index contributed by atoms with van der Waals surface area (Å²) in [6.45, 7) is 0. The van der Waals surface area contributed by atoms with Gasteiger partial charge in [-0.25, -0.2) is 0 Å². The molecule has 1 aromatic heterocycles. The lowest BCUT2D eigenvalue weighted by Crippen LogP contribution is -2.09. The molecule has 4 heteroatoms. The molecule has 0 bridgehead atoms. The molecule has 1 heterocycles. The third-order valence-corrected chi connectivity index (χ3v) is 7.30. The highest BCUT2D eigenvalue weighted by Crippen LogP contribution is 2.37. The van der Waals surface area contributed by atoms with E-state index in [0.29, 0.717) is 11.7 Å². The molecule has 200 valence electrons. The first-order valence-electron chi connectivity index (χ1n) is 13.9. The van der Waals surface area contributed by atoms with Crippen LogP contribution in [0.25, 0.3) is 45.1 Å². The van der Waals surface area contributed by atoms with E-state index in [9.17, 15) is 0 Å². The van der Waals surface area contributed by atoms with E-state index in [2.05, 4.69) is 124 Å². The van der Waals surface area contributed by atoms with Gasteiger partial charge in [-0.1, -0.05) is 120 Å². The van der Waals surface area contributed by atoms with Crippen LogP contribution in [0.15, 0.2) is 168 Å². The van der Waals surface area contributed by atoms with Gasteiger partial charge in [0.15, 0.2) is 0 Å². The van der Waals surface area contributed by atoms with Gasteiger partial charge >= 0.3 is 0 Å². The molecule has 7 rings (SSSR count). The molecule has 0 unspecified atom stereocenters. The molecule has 0 N–H and O–H groups in total. The van der Waals surface area contributed by atoms with Crippen molar-refractivity contribution in [1.82, 2.24) is 10.1 Å². The van der Waals surface area contributed by atoms with Crippen LogP contribution in [0, 0.1) is 0 Å². The second-order valence-corrected chi connectivity index (χ2v) is 10.00. The molecule has 6 aromatic carbocycles. The zero-order valence-corrected chi connectivity index (χ0v) is 22.8. The Balaban J connectivity index is 1.23. The lowest BCUT2D eigenvalue weighted by atomic mass is 10.0. The van der Waals surface area contributed by atoms with E-state index in [4.69, 9.17) is 4.52 Å².